The first-order valence-corrected chi connectivity index (χ1v) is 6.76. The molecule has 2 rings (SSSR count). The maximum Gasteiger partial charge on any atom is 0.399 e. The molecule has 1 aromatic carbocycles. The van der Waals surface area contributed by atoms with E-state index < -0.39 is 0 Å². The zero-order chi connectivity index (χ0) is 13.7. The van der Waals surface area contributed by atoms with Crippen LogP contribution in [0.25, 0.3) is 0 Å². The minimum atomic E-state index is -0.343. The zero-order valence-electron chi connectivity index (χ0n) is 10.5. The van der Waals surface area contributed by atoms with Crippen molar-refractivity contribution < 1.29 is 13.5 Å². The Kier molecular flexibility index (Phi) is 4.93. The molecule has 0 spiro atoms. The topological polar surface area (TPSA) is 47.3 Å². The van der Waals surface area contributed by atoms with Crippen molar-refractivity contribution in [3.05, 3.63) is 40.4 Å². The largest absolute Gasteiger partial charge is 0.417 e. The average molecular weight is 329 g/mol. The molecule has 0 atom stereocenters. The predicted octanol–water partition coefficient (Wildman–Crippen LogP) is 3.87. The lowest BCUT2D eigenvalue weighted by atomic mass is 10.3. The van der Waals surface area contributed by atoms with E-state index in [4.69, 9.17) is 9.15 Å². The molecule has 1 aromatic heterocycles. The van der Waals surface area contributed by atoms with Crippen LogP contribution in [0.1, 0.15) is 19.0 Å². The van der Waals surface area contributed by atoms with Crippen molar-refractivity contribution in [2.75, 3.05) is 6.54 Å². The van der Waals surface area contributed by atoms with Gasteiger partial charge in [0.15, 0.2) is 0 Å². The third-order valence-electron chi connectivity index (χ3n) is 2.36. The Morgan fingerprint density at radius 2 is 2.32 bits per heavy atom. The highest BCUT2D eigenvalue weighted by Gasteiger charge is 2.08. The number of halogens is 2. The van der Waals surface area contributed by atoms with Crippen LogP contribution < -0.4 is 10.1 Å². The summed E-state index contributed by atoms with van der Waals surface area (Å²) in [6.45, 7) is 3.65. The van der Waals surface area contributed by atoms with Gasteiger partial charge in [-0.05, 0) is 47.1 Å². The van der Waals surface area contributed by atoms with Crippen LogP contribution in [0.3, 0.4) is 0 Å². The summed E-state index contributed by atoms with van der Waals surface area (Å²) in [5, 5.41) is 3.21. The van der Waals surface area contributed by atoms with E-state index in [-0.39, 0.29) is 11.9 Å². The predicted molar refractivity (Wildman–Crippen MR) is 72.7 cm³/mol. The molecular formula is C13H14BrFN2O2. The molecule has 0 fully saturated rings. The molecule has 0 bridgehead atoms. The molecule has 0 aliphatic heterocycles. The minimum absolute atomic E-state index is 0.145. The Labute approximate surface area is 119 Å². The fraction of sp³-hybridized carbons (Fsp3) is 0.308. The van der Waals surface area contributed by atoms with E-state index in [1.54, 1.807) is 0 Å². The van der Waals surface area contributed by atoms with Crippen LogP contribution in [-0.4, -0.2) is 11.5 Å². The molecule has 19 heavy (non-hydrogen) atoms. The molecule has 0 saturated carbocycles. The fourth-order valence-corrected chi connectivity index (χ4v) is 1.81. The summed E-state index contributed by atoms with van der Waals surface area (Å²) >= 11 is 3.09. The van der Waals surface area contributed by atoms with Crippen LogP contribution in [-0.2, 0) is 6.54 Å². The first-order chi connectivity index (χ1) is 9.19. The maximum atomic E-state index is 13.1. The summed E-state index contributed by atoms with van der Waals surface area (Å²) in [5.41, 5.74) is 0.768. The van der Waals surface area contributed by atoms with Crippen molar-refractivity contribution in [3.8, 4) is 11.8 Å². The monoisotopic (exact) mass is 328 g/mol. The van der Waals surface area contributed by atoms with Gasteiger partial charge in [0, 0.05) is 6.54 Å². The van der Waals surface area contributed by atoms with Gasteiger partial charge in [-0.3, -0.25) is 0 Å². The highest BCUT2D eigenvalue weighted by atomic mass is 79.9. The van der Waals surface area contributed by atoms with E-state index in [1.165, 1.54) is 24.5 Å². The van der Waals surface area contributed by atoms with Crippen molar-refractivity contribution in [2.24, 2.45) is 0 Å². The Morgan fingerprint density at radius 3 is 3.05 bits per heavy atom. The van der Waals surface area contributed by atoms with Crippen LogP contribution in [0.4, 0.5) is 4.39 Å². The van der Waals surface area contributed by atoms with Crippen molar-refractivity contribution in [3.63, 3.8) is 0 Å². The van der Waals surface area contributed by atoms with E-state index in [1.807, 2.05) is 0 Å². The van der Waals surface area contributed by atoms with E-state index in [9.17, 15) is 4.39 Å². The van der Waals surface area contributed by atoms with Gasteiger partial charge in [0.1, 0.15) is 17.8 Å². The number of aromatic nitrogens is 1. The third kappa shape index (κ3) is 4.04. The van der Waals surface area contributed by atoms with E-state index in [2.05, 4.69) is 33.2 Å². The molecule has 2 aromatic rings. The number of nitrogens with one attached hydrogen (secondary N) is 1. The van der Waals surface area contributed by atoms with Crippen LogP contribution in [0.5, 0.6) is 11.8 Å². The molecule has 102 valence electrons. The highest BCUT2D eigenvalue weighted by molar-refractivity contribution is 9.10. The van der Waals surface area contributed by atoms with E-state index >= 15 is 0 Å². The maximum absolute atomic E-state index is 13.1. The van der Waals surface area contributed by atoms with E-state index in [0.29, 0.717) is 16.8 Å². The number of nitrogens with zero attached hydrogens (tertiary/aromatic N) is 1. The SMILES string of the molecule is CCCNCc1coc(Oc2ccc(F)c(Br)c2)n1. The second kappa shape index (κ2) is 6.68. The van der Waals surface area contributed by atoms with E-state index in [0.717, 1.165) is 18.7 Å². The Bertz CT molecular complexity index is 545. The lowest BCUT2D eigenvalue weighted by Gasteiger charge is -2.01. The van der Waals surface area contributed by atoms with Gasteiger partial charge in [0.2, 0.25) is 0 Å². The fourth-order valence-electron chi connectivity index (χ4n) is 1.45. The molecule has 0 amide bonds. The summed E-state index contributed by atoms with van der Waals surface area (Å²) < 4.78 is 24.0. The van der Waals surface area contributed by atoms with Gasteiger partial charge < -0.3 is 14.5 Å². The van der Waals surface area contributed by atoms with Gasteiger partial charge >= 0.3 is 6.08 Å². The van der Waals surface area contributed by atoms with Crippen molar-refractivity contribution in [1.29, 1.82) is 0 Å². The first-order valence-electron chi connectivity index (χ1n) is 5.97. The standard InChI is InChI=1S/C13H14BrFN2O2/c1-2-5-16-7-9-8-18-13(17-9)19-10-3-4-12(15)11(14)6-10/h3-4,6,8,16H,2,5,7H2,1H3. The molecular weight excluding hydrogens is 315 g/mol. The lowest BCUT2D eigenvalue weighted by molar-refractivity contribution is 0.330. The number of hydrogen-bond acceptors (Lipinski definition) is 4. The number of benzene rings is 1. The number of oxazole rings is 1. The van der Waals surface area contributed by atoms with Crippen LogP contribution in [0.2, 0.25) is 0 Å². The summed E-state index contributed by atoms with van der Waals surface area (Å²) in [6, 6.07) is 4.35. The second-order valence-electron chi connectivity index (χ2n) is 3.96. The smallest absolute Gasteiger partial charge is 0.399 e. The van der Waals surface area contributed by atoms with Crippen LogP contribution >= 0.6 is 15.9 Å². The first kappa shape index (κ1) is 14.0. The van der Waals surface area contributed by atoms with Gasteiger partial charge in [-0.15, -0.1) is 0 Å². The lowest BCUT2D eigenvalue weighted by Crippen LogP contribution is -2.13. The summed E-state index contributed by atoms with van der Waals surface area (Å²) in [5.74, 6) is 0.118. The zero-order valence-corrected chi connectivity index (χ0v) is 12.0. The number of rotatable bonds is 6. The quantitative estimate of drug-likeness (QED) is 0.818. The molecule has 1 N–H and O–H groups in total. The highest BCUT2D eigenvalue weighted by Crippen LogP contribution is 2.25. The van der Waals surface area contributed by atoms with Gasteiger partial charge in [-0.25, -0.2) is 4.39 Å². The molecule has 6 heteroatoms. The van der Waals surface area contributed by atoms with Gasteiger partial charge in [0.05, 0.1) is 10.2 Å². The van der Waals surface area contributed by atoms with Gasteiger partial charge in [-0.1, -0.05) is 6.92 Å². The average Bonchev–Trinajstić information content (AvgIpc) is 2.82. The molecule has 0 aliphatic carbocycles. The molecule has 0 unspecified atom stereocenters. The second-order valence-corrected chi connectivity index (χ2v) is 4.81. The Hall–Kier alpha value is -1.40. The van der Waals surface area contributed by atoms with Crippen molar-refractivity contribution in [2.45, 2.75) is 19.9 Å². The molecule has 0 aliphatic rings. The summed E-state index contributed by atoms with van der Waals surface area (Å²) in [4.78, 5) is 4.17. The normalized spacial score (nSPS) is 10.7. The van der Waals surface area contributed by atoms with Crippen molar-refractivity contribution in [1.82, 2.24) is 10.3 Å². The third-order valence-corrected chi connectivity index (χ3v) is 2.97. The molecule has 0 saturated heterocycles. The van der Waals surface area contributed by atoms with Crippen molar-refractivity contribution >= 4 is 15.9 Å². The molecule has 1 heterocycles. The summed E-state index contributed by atoms with van der Waals surface area (Å²) in [7, 11) is 0. The number of ether oxygens (including phenoxy) is 1. The number of hydrogen-bond donors (Lipinski definition) is 1. The summed E-state index contributed by atoms with van der Waals surface area (Å²) in [6.07, 6.45) is 2.74. The van der Waals surface area contributed by atoms with Crippen LogP contribution in [0, 0.1) is 5.82 Å². The minimum Gasteiger partial charge on any atom is -0.417 e. The Morgan fingerprint density at radius 1 is 1.47 bits per heavy atom. The van der Waals surface area contributed by atoms with Crippen LogP contribution in [0.15, 0.2) is 33.4 Å². The molecule has 0 radical (unpaired) electrons. The molecule has 4 nitrogen and oxygen atoms in total. The van der Waals surface area contributed by atoms with Gasteiger partial charge in [-0.2, -0.15) is 4.98 Å². The Balaban J connectivity index is 1.97. The van der Waals surface area contributed by atoms with Gasteiger partial charge in [0.25, 0.3) is 0 Å².